The largest absolute Gasteiger partial charge is 0.504 e. The van der Waals surface area contributed by atoms with Crippen LogP contribution in [0.5, 0.6) is 5.75 Å². The first-order valence-corrected chi connectivity index (χ1v) is 8.59. The molecule has 128 valence electrons. The highest BCUT2D eigenvalue weighted by molar-refractivity contribution is 7.17. The Morgan fingerprint density at radius 1 is 1.08 bits per heavy atom. The Hall–Kier alpha value is -3.45. The molecule has 1 amide bonds. The molecule has 1 aromatic carbocycles. The first-order valence-electron chi connectivity index (χ1n) is 7.78. The van der Waals surface area contributed by atoms with E-state index in [9.17, 15) is 9.90 Å². The minimum Gasteiger partial charge on any atom is -0.504 e. The lowest BCUT2D eigenvalue weighted by atomic mass is 10.1. The normalized spacial score (nSPS) is 10.6. The van der Waals surface area contributed by atoms with Crippen LogP contribution in [-0.2, 0) is 0 Å². The van der Waals surface area contributed by atoms with Crippen LogP contribution in [0.25, 0.3) is 22.0 Å². The molecule has 4 aromatic rings. The molecule has 7 heteroatoms. The number of hydrogen-bond acceptors (Lipinski definition) is 6. The molecule has 0 bridgehead atoms. The lowest BCUT2D eigenvalue weighted by Crippen LogP contribution is -2.12. The lowest BCUT2D eigenvalue weighted by molar-refractivity contribution is 0.103. The van der Waals surface area contributed by atoms with Gasteiger partial charge in [0.05, 0.1) is 12.0 Å². The van der Waals surface area contributed by atoms with Gasteiger partial charge in [0.15, 0.2) is 22.3 Å². The number of thiazole rings is 1. The van der Waals surface area contributed by atoms with Crippen molar-refractivity contribution >= 4 is 23.1 Å². The van der Waals surface area contributed by atoms with Crippen molar-refractivity contribution in [2.24, 2.45) is 0 Å². The number of pyridine rings is 1. The van der Waals surface area contributed by atoms with Crippen molar-refractivity contribution in [2.75, 3.05) is 5.32 Å². The fraction of sp³-hybridized carbons (Fsp3) is 0. The number of nitrogens with zero attached hydrogens (tertiary/aromatic N) is 2. The average Bonchev–Trinajstić information content (AvgIpc) is 3.34. The van der Waals surface area contributed by atoms with Gasteiger partial charge >= 0.3 is 0 Å². The molecule has 3 aromatic heterocycles. The van der Waals surface area contributed by atoms with E-state index >= 15 is 0 Å². The van der Waals surface area contributed by atoms with E-state index in [2.05, 4.69) is 15.3 Å². The fourth-order valence-corrected chi connectivity index (χ4v) is 3.38. The molecule has 0 spiro atoms. The molecular formula is C19H13N3O3S. The topological polar surface area (TPSA) is 88.2 Å². The Labute approximate surface area is 152 Å². The lowest BCUT2D eigenvalue weighted by Gasteiger charge is -2.06. The van der Waals surface area contributed by atoms with Gasteiger partial charge in [0.1, 0.15) is 4.88 Å². The van der Waals surface area contributed by atoms with E-state index < -0.39 is 5.91 Å². The summed E-state index contributed by atoms with van der Waals surface area (Å²) in [7, 11) is 0. The molecule has 0 unspecified atom stereocenters. The van der Waals surface area contributed by atoms with E-state index in [4.69, 9.17) is 4.42 Å². The number of furan rings is 1. The van der Waals surface area contributed by atoms with Crippen LogP contribution in [0, 0.1) is 0 Å². The summed E-state index contributed by atoms with van der Waals surface area (Å²) in [5, 5.41) is 13.1. The zero-order valence-electron chi connectivity index (χ0n) is 13.4. The molecular weight excluding hydrogens is 350 g/mol. The predicted molar refractivity (Wildman–Crippen MR) is 99.1 cm³/mol. The first-order chi connectivity index (χ1) is 12.7. The SMILES string of the molecule is O=C(Nc1ncccc1O)c1sc(-c2ccco2)nc1-c1ccccc1. The van der Waals surface area contributed by atoms with E-state index in [1.807, 2.05) is 30.3 Å². The predicted octanol–water partition coefficient (Wildman–Crippen LogP) is 4.42. The van der Waals surface area contributed by atoms with Crippen molar-refractivity contribution in [3.8, 4) is 27.8 Å². The maximum atomic E-state index is 12.8. The number of carbonyl (C=O) groups is 1. The molecule has 26 heavy (non-hydrogen) atoms. The van der Waals surface area contributed by atoms with Gasteiger partial charge in [-0.15, -0.1) is 11.3 Å². The molecule has 4 rings (SSSR count). The van der Waals surface area contributed by atoms with Gasteiger partial charge in [0, 0.05) is 11.8 Å². The van der Waals surface area contributed by atoms with Gasteiger partial charge < -0.3 is 14.8 Å². The Kier molecular flexibility index (Phi) is 4.20. The molecule has 0 saturated heterocycles. The van der Waals surface area contributed by atoms with Crippen molar-refractivity contribution < 1.29 is 14.3 Å². The van der Waals surface area contributed by atoms with Crippen LogP contribution in [0.15, 0.2) is 71.5 Å². The van der Waals surface area contributed by atoms with Gasteiger partial charge in [-0.2, -0.15) is 0 Å². The molecule has 0 aliphatic carbocycles. The van der Waals surface area contributed by atoms with Gasteiger partial charge in [0.25, 0.3) is 5.91 Å². The monoisotopic (exact) mass is 363 g/mol. The Balaban J connectivity index is 1.76. The smallest absolute Gasteiger partial charge is 0.269 e. The summed E-state index contributed by atoms with van der Waals surface area (Å²) in [6, 6.07) is 16.0. The number of benzene rings is 1. The minimum absolute atomic E-state index is 0.0992. The van der Waals surface area contributed by atoms with Crippen molar-refractivity contribution in [2.45, 2.75) is 0 Å². The summed E-state index contributed by atoms with van der Waals surface area (Å²) < 4.78 is 5.40. The summed E-state index contributed by atoms with van der Waals surface area (Å²) in [6.45, 7) is 0. The number of amides is 1. The minimum atomic E-state index is -0.395. The zero-order chi connectivity index (χ0) is 17.9. The molecule has 0 saturated carbocycles. The highest BCUT2D eigenvalue weighted by atomic mass is 32.1. The number of rotatable bonds is 4. The van der Waals surface area contributed by atoms with Crippen LogP contribution >= 0.6 is 11.3 Å². The highest BCUT2D eigenvalue weighted by Gasteiger charge is 2.22. The molecule has 2 N–H and O–H groups in total. The molecule has 3 heterocycles. The van der Waals surface area contributed by atoms with Gasteiger partial charge in [0.2, 0.25) is 0 Å². The quantitative estimate of drug-likeness (QED) is 0.560. The second-order valence-corrected chi connectivity index (χ2v) is 6.36. The summed E-state index contributed by atoms with van der Waals surface area (Å²) >= 11 is 1.22. The van der Waals surface area contributed by atoms with Gasteiger partial charge in [-0.1, -0.05) is 30.3 Å². The van der Waals surface area contributed by atoms with Gasteiger partial charge in [-0.05, 0) is 24.3 Å². The summed E-state index contributed by atoms with van der Waals surface area (Å²) in [5.41, 5.74) is 1.37. The van der Waals surface area contributed by atoms with Crippen LogP contribution in [0.3, 0.4) is 0 Å². The van der Waals surface area contributed by atoms with E-state index in [0.717, 1.165) is 5.56 Å². The average molecular weight is 363 g/mol. The van der Waals surface area contributed by atoms with Gasteiger partial charge in [-0.25, -0.2) is 9.97 Å². The van der Waals surface area contributed by atoms with Crippen LogP contribution in [0.4, 0.5) is 5.82 Å². The van der Waals surface area contributed by atoms with E-state index in [-0.39, 0.29) is 11.6 Å². The van der Waals surface area contributed by atoms with Crippen molar-refractivity contribution in [1.29, 1.82) is 0 Å². The summed E-state index contributed by atoms with van der Waals surface area (Å²) in [6.07, 6.45) is 3.05. The third-order valence-electron chi connectivity index (χ3n) is 3.63. The van der Waals surface area contributed by atoms with Crippen molar-refractivity contribution in [3.05, 3.63) is 71.9 Å². The van der Waals surface area contributed by atoms with E-state index in [0.29, 0.717) is 21.3 Å². The van der Waals surface area contributed by atoms with Crippen LogP contribution in [0.1, 0.15) is 9.67 Å². The highest BCUT2D eigenvalue weighted by Crippen LogP contribution is 2.34. The molecule has 0 aliphatic heterocycles. The second kappa shape index (κ2) is 6.81. The molecule has 0 radical (unpaired) electrons. The summed E-state index contributed by atoms with van der Waals surface area (Å²) in [5.74, 6) is 0.197. The maximum absolute atomic E-state index is 12.8. The number of hydrogen-bond donors (Lipinski definition) is 2. The number of carbonyl (C=O) groups excluding carboxylic acids is 1. The Morgan fingerprint density at radius 2 is 1.92 bits per heavy atom. The zero-order valence-corrected chi connectivity index (χ0v) is 14.2. The second-order valence-electron chi connectivity index (χ2n) is 5.37. The number of aromatic hydroxyl groups is 1. The van der Waals surface area contributed by atoms with E-state index in [1.54, 1.807) is 24.5 Å². The third-order valence-corrected chi connectivity index (χ3v) is 4.70. The Morgan fingerprint density at radius 3 is 2.65 bits per heavy atom. The standard InChI is InChI=1S/C19H13N3O3S/c23-13-8-4-10-20-17(13)22-18(24)16-15(12-6-2-1-3-7-12)21-19(26-16)14-9-5-11-25-14/h1-11,23H,(H,20,22,24). The molecule has 0 aliphatic rings. The van der Waals surface area contributed by atoms with Gasteiger partial charge in [-0.3, -0.25) is 4.79 Å². The summed E-state index contributed by atoms with van der Waals surface area (Å²) in [4.78, 5) is 21.8. The van der Waals surface area contributed by atoms with Crippen LogP contribution < -0.4 is 5.32 Å². The number of nitrogens with one attached hydrogen (secondary N) is 1. The van der Waals surface area contributed by atoms with Crippen molar-refractivity contribution in [3.63, 3.8) is 0 Å². The number of aromatic nitrogens is 2. The van der Waals surface area contributed by atoms with E-state index in [1.165, 1.54) is 23.6 Å². The third kappa shape index (κ3) is 3.07. The molecule has 6 nitrogen and oxygen atoms in total. The van der Waals surface area contributed by atoms with Crippen LogP contribution in [0.2, 0.25) is 0 Å². The maximum Gasteiger partial charge on any atom is 0.269 e. The Bertz CT molecular complexity index is 1040. The first kappa shape index (κ1) is 16.0. The van der Waals surface area contributed by atoms with Crippen LogP contribution in [-0.4, -0.2) is 21.0 Å². The molecule has 0 atom stereocenters. The van der Waals surface area contributed by atoms with Crippen molar-refractivity contribution in [1.82, 2.24) is 9.97 Å². The fourth-order valence-electron chi connectivity index (χ4n) is 2.43. The number of anilines is 1. The molecule has 0 fully saturated rings.